The van der Waals surface area contributed by atoms with Crippen LogP contribution in [0, 0.1) is 27.7 Å². The van der Waals surface area contributed by atoms with Gasteiger partial charge in [0.05, 0.1) is 17.8 Å². The van der Waals surface area contributed by atoms with Gasteiger partial charge in [-0.1, -0.05) is 30.3 Å². The number of amides is 1. The minimum atomic E-state index is -0.199. The lowest BCUT2D eigenvalue weighted by atomic mass is 9.96. The van der Waals surface area contributed by atoms with Gasteiger partial charge in [-0.05, 0) is 99.1 Å². The molecule has 1 aliphatic rings. The summed E-state index contributed by atoms with van der Waals surface area (Å²) in [5.74, 6) is -0.120. The van der Waals surface area contributed by atoms with Crippen molar-refractivity contribution in [3.8, 4) is 5.69 Å². The van der Waals surface area contributed by atoms with Crippen molar-refractivity contribution in [2.45, 2.75) is 39.8 Å². The first kappa shape index (κ1) is 24.7. The average molecular weight is 510 g/mol. The number of carbonyl (C=O) groups is 1. The standard InChI is InChI=1S/C30H31N5OS/c1-19-14-20(2)16-24(15-19)35-21(3)17-25(22(35)4)29-28(26-12-8-9-13-31-26)33-30(37)34(29)18-27(36)32-23-10-6-5-7-11-23/h5-17,28-29H,18H2,1-4H3,(H,32,36)(H,33,37)/t28-,29-/m0/s1. The fourth-order valence-electron chi connectivity index (χ4n) is 5.36. The molecule has 1 fully saturated rings. The number of rotatable bonds is 6. The molecule has 2 N–H and O–H groups in total. The van der Waals surface area contributed by atoms with Crippen LogP contribution < -0.4 is 10.6 Å². The molecule has 0 bridgehead atoms. The van der Waals surface area contributed by atoms with Crippen molar-refractivity contribution in [3.63, 3.8) is 0 Å². The van der Waals surface area contributed by atoms with Gasteiger partial charge in [0.15, 0.2) is 5.11 Å². The summed E-state index contributed by atoms with van der Waals surface area (Å²) in [5.41, 5.74) is 8.59. The summed E-state index contributed by atoms with van der Waals surface area (Å²) in [6.45, 7) is 8.63. The fourth-order valence-corrected chi connectivity index (χ4v) is 5.66. The van der Waals surface area contributed by atoms with Crippen LogP contribution in [0.2, 0.25) is 0 Å². The van der Waals surface area contributed by atoms with Crippen molar-refractivity contribution in [3.05, 3.63) is 113 Å². The molecule has 188 valence electrons. The Kier molecular flexibility index (Phi) is 6.80. The summed E-state index contributed by atoms with van der Waals surface area (Å²) in [6, 6.07) is 23.8. The van der Waals surface area contributed by atoms with Crippen LogP contribution in [0.5, 0.6) is 0 Å². The number of para-hydroxylation sites is 1. The number of nitrogens with zero attached hydrogens (tertiary/aromatic N) is 3. The van der Waals surface area contributed by atoms with Gasteiger partial charge in [-0.25, -0.2) is 0 Å². The van der Waals surface area contributed by atoms with Gasteiger partial charge < -0.3 is 20.1 Å². The first-order valence-corrected chi connectivity index (χ1v) is 12.8. The number of aryl methyl sites for hydroxylation is 3. The summed E-state index contributed by atoms with van der Waals surface area (Å²) >= 11 is 5.79. The van der Waals surface area contributed by atoms with E-state index in [4.69, 9.17) is 12.2 Å². The van der Waals surface area contributed by atoms with Gasteiger partial charge in [-0.2, -0.15) is 0 Å². The molecular formula is C30H31N5OS. The van der Waals surface area contributed by atoms with Gasteiger partial charge in [-0.15, -0.1) is 0 Å². The van der Waals surface area contributed by atoms with Gasteiger partial charge in [0.1, 0.15) is 6.54 Å². The number of pyridine rings is 1. The highest BCUT2D eigenvalue weighted by Crippen LogP contribution is 2.41. The maximum Gasteiger partial charge on any atom is 0.244 e. The zero-order valence-electron chi connectivity index (χ0n) is 21.5. The van der Waals surface area contributed by atoms with Gasteiger partial charge in [0.2, 0.25) is 5.91 Å². The lowest BCUT2D eigenvalue weighted by Crippen LogP contribution is -2.37. The normalized spacial score (nSPS) is 17.1. The van der Waals surface area contributed by atoms with Crippen molar-refractivity contribution in [1.29, 1.82) is 0 Å². The van der Waals surface area contributed by atoms with Crippen LogP contribution in [0.15, 0.2) is 79.0 Å². The monoisotopic (exact) mass is 509 g/mol. The smallest absolute Gasteiger partial charge is 0.244 e. The number of hydrogen-bond donors (Lipinski definition) is 2. The molecule has 2 aromatic carbocycles. The molecule has 0 saturated carbocycles. The Balaban J connectivity index is 1.55. The number of thiocarbonyl (C=S) groups is 1. The maximum atomic E-state index is 13.1. The van der Waals surface area contributed by atoms with Crippen molar-refractivity contribution in [2.75, 3.05) is 11.9 Å². The zero-order valence-corrected chi connectivity index (χ0v) is 22.3. The molecule has 1 aliphatic heterocycles. The predicted molar refractivity (Wildman–Crippen MR) is 152 cm³/mol. The third-order valence-corrected chi connectivity index (χ3v) is 7.18. The molecule has 37 heavy (non-hydrogen) atoms. The predicted octanol–water partition coefficient (Wildman–Crippen LogP) is 5.72. The number of benzene rings is 2. The largest absolute Gasteiger partial charge is 0.352 e. The second-order valence-corrected chi connectivity index (χ2v) is 10.1. The number of hydrogen-bond acceptors (Lipinski definition) is 3. The van der Waals surface area contributed by atoms with Crippen LogP contribution in [0.1, 0.15) is 45.9 Å². The summed E-state index contributed by atoms with van der Waals surface area (Å²) in [6.07, 6.45) is 1.79. The first-order chi connectivity index (χ1) is 17.8. The number of anilines is 1. The number of aromatic nitrogens is 2. The quantitative estimate of drug-likeness (QED) is 0.326. The second kappa shape index (κ2) is 10.2. The van der Waals surface area contributed by atoms with E-state index in [1.54, 1.807) is 6.20 Å². The van der Waals surface area contributed by atoms with E-state index in [1.807, 2.05) is 53.4 Å². The maximum absolute atomic E-state index is 13.1. The Morgan fingerprint density at radius 1 is 0.973 bits per heavy atom. The molecule has 4 aromatic rings. The number of nitrogens with one attached hydrogen (secondary N) is 2. The Morgan fingerprint density at radius 3 is 2.35 bits per heavy atom. The summed E-state index contributed by atoms with van der Waals surface area (Å²) in [7, 11) is 0. The molecule has 1 saturated heterocycles. The third-order valence-electron chi connectivity index (χ3n) is 6.82. The third kappa shape index (κ3) is 5.00. The van der Waals surface area contributed by atoms with E-state index in [1.165, 1.54) is 11.1 Å². The van der Waals surface area contributed by atoms with E-state index in [-0.39, 0.29) is 24.5 Å². The van der Waals surface area contributed by atoms with E-state index in [9.17, 15) is 4.79 Å². The SMILES string of the molecule is Cc1cc(C)cc(-n2c(C)cc([C@H]3[C@H](c4ccccn4)NC(=S)N3CC(=O)Nc3ccccc3)c2C)c1. The Hall–Kier alpha value is -3.97. The number of carbonyl (C=O) groups excluding carboxylic acids is 1. The van der Waals surface area contributed by atoms with Crippen LogP contribution in [0.4, 0.5) is 5.69 Å². The summed E-state index contributed by atoms with van der Waals surface area (Å²) in [5, 5.41) is 7.00. The van der Waals surface area contributed by atoms with E-state index in [0.29, 0.717) is 5.11 Å². The van der Waals surface area contributed by atoms with Gasteiger partial charge in [0, 0.05) is 29.0 Å². The van der Waals surface area contributed by atoms with Crippen LogP contribution in [-0.2, 0) is 4.79 Å². The lowest BCUT2D eigenvalue weighted by molar-refractivity contribution is -0.116. The Labute approximate surface area is 223 Å². The van der Waals surface area contributed by atoms with E-state index in [2.05, 4.69) is 72.1 Å². The molecule has 7 heteroatoms. The molecule has 0 aliphatic carbocycles. The van der Waals surface area contributed by atoms with Crippen LogP contribution in [0.3, 0.4) is 0 Å². The van der Waals surface area contributed by atoms with E-state index in [0.717, 1.165) is 34.0 Å². The Bertz CT molecular complexity index is 1430. The van der Waals surface area contributed by atoms with Crippen molar-refractivity contribution < 1.29 is 4.79 Å². The molecule has 2 aromatic heterocycles. The Morgan fingerprint density at radius 2 is 1.68 bits per heavy atom. The van der Waals surface area contributed by atoms with Gasteiger partial charge in [-0.3, -0.25) is 9.78 Å². The summed E-state index contributed by atoms with van der Waals surface area (Å²) in [4.78, 5) is 19.7. The van der Waals surface area contributed by atoms with Gasteiger partial charge >= 0.3 is 0 Å². The average Bonchev–Trinajstić information content (AvgIpc) is 3.34. The molecule has 0 unspecified atom stereocenters. The highest BCUT2D eigenvalue weighted by molar-refractivity contribution is 7.80. The molecule has 3 heterocycles. The topological polar surface area (TPSA) is 62.2 Å². The van der Waals surface area contributed by atoms with Crippen molar-refractivity contribution >= 4 is 28.9 Å². The zero-order chi connectivity index (χ0) is 26.1. The lowest BCUT2D eigenvalue weighted by Gasteiger charge is -2.27. The second-order valence-electron chi connectivity index (χ2n) is 9.68. The minimum Gasteiger partial charge on any atom is -0.352 e. The van der Waals surface area contributed by atoms with E-state index >= 15 is 0 Å². The molecule has 0 radical (unpaired) electrons. The van der Waals surface area contributed by atoms with Gasteiger partial charge in [0.25, 0.3) is 0 Å². The van der Waals surface area contributed by atoms with Crippen LogP contribution in [-0.4, -0.2) is 32.0 Å². The molecule has 6 nitrogen and oxygen atoms in total. The molecule has 2 atom stereocenters. The molecule has 1 amide bonds. The minimum absolute atomic E-state index is 0.120. The van der Waals surface area contributed by atoms with Crippen LogP contribution >= 0.6 is 12.2 Å². The molecule has 5 rings (SSSR count). The highest BCUT2D eigenvalue weighted by Gasteiger charge is 2.42. The fraction of sp³-hybridized carbons (Fsp3) is 0.233. The highest BCUT2D eigenvalue weighted by atomic mass is 32.1. The summed E-state index contributed by atoms with van der Waals surface area (Å²) < 4.78 is 2.29. The van der Waals surface area contributed by atoms with Crippen molar-refractivity contribution in [2.24, 2.45) is 0 Å². The molecule has 0 spiro atoms. The van der Waals surface area contributed by atoms with Crippen molar-refractivity contribution in [1.82, 2.24) is 19.8 Å². The van der Waals surface area contributed by atoms with E-state index < -0.39 is 0 Å². The molecular weight excluding hydrogens is 478 g/mol. The van der Waals surface area contributed by atoms with Crippen LogP contribution in [0.25, 0.3) is 5.69 Å². The first-order valence-electron chi connectivity index (χ1n) is 12.4.